The van der Waals surface area contributed by atoms with Crippen LogP contribution in [0.25, 0.3) is 22.4 Å². The summed E-state index contributed by atoms with van der Waals surface area (Å²) in [6.45, 7) is 1.56. The monoisotopic (exact) mass is 417 g/mol. The lowest BCUT2D eigenvalue weighted by atomic mass is 10.1. The van der Waals surface area contributed by atoms with Crippen LogP contribution in [0.4, 0.5) is 11.4 Å². The van der Waals surface area contributed by atoms with E-state index in [1.54, 1.807) is 24.3 Å². The molecule has 0 saturated heterocycles. The standard InChI is InChI=1S/C22H19N5O4/c1-14(28)24-16-7-9-17(10-8-16)25-18(29)11-12-27-13-23-20-19(15-5-3-2-4-6-15)26-31-21(20)22(27)30/h2-10,13H,11-12H2,1H3,(H,24,28)(H,25,29). The van der Waals surface area contributed by atoms with Gasteiger partial charge in [0, 0.05) is 36.8 Å². The van der Waals surface area contributed by atoms with Gasteiger partial charge in [-0.25, -0.2) is 4.98 Å². The van der Waals surface area contributed by atoms with Crippen molar-refractivity contribution in [3.05, 3.63) is 71.3 Å². The zero-order valence-corrected chi connectivity index (χ0v) is 16.7. The Morgan fingerprint density at radius 3 is 2.35 bits per heavy atom. The molecule has 2 aromatic carbocycles. The van der Waals surface area contributed by atoms with Crippen molar-refractivity contribution >= 4 is 34.3 Å². The third-order valence-electron chi connectivity index (χ3n) is 4.56. The number of hydrogen-bond acceptors (Lipinski definition) is 6. The first kappa shape index (κ1) is 20.0. The molecule has 31 heavy (non-hydrogen) atoms. The van der Waals surface area contributed by atoms with Crippen molar-refractivity contribution in [2.45, 2.75) is 19.9 Å². The molecule has 2 aromatic heterocycles. The van der Waals surface area contributed by atoms with Gasteiger partial charge in [-0.2, -0.15) is 0 Å². The van der Waals surface area contributed by atoms with Gasteiger partial charge in [-0.15, -0.1) is 0 Å². The zero-order chi connectivity index (χ0) is 21.8. The summed E-state index contributed by atoms with van der Waals surface area (Å²) < 4.78 is 6.56. The molecule has 0 fully saturated rings. The molecule has 0 spiro atoms. The van der Waals surface area contributed by atoms with Crippen LogP contribution in [0, 0.1) is 0 Å². The summed E-state index contributed by atoms with van der Waals surface area (Å²) in [7, 11) is 0. The van der Waals surface area contributed by atoms with Crippen LogP contribution in [0.15, 0.2) is 70.2 Å². The summed E-state index contributed by atoms with van der Waals surface area (Å²) in [4.78, 5) is 40.3. The molecule has 4 rings (SSSR count). The number of nitrogens with one attached hydrogen (secondary N) is 2. The highest BCUT2D eigenvalue weighted by Crippen LogP contribution is 2.24. The molecule has 0 aliphatic heterocycles. The minimum atomic E-state index is -0.396. The normalized spacial score (nSPS) is 10.7. The lowest BCUT2D eigenvalue weighted by molar-refractivity contribution is -0.116. The smallest absolute Gasteiger partial charge is 0.299 e. The van der Waals surface area contributed by atoms with Gasteiger partial charge in [0.05, 0.1) is 6.33 Å². The van der Waals surface area contributed by atoms with Crippen LogP contribution in [0.1, 0.15) is 13.3 Å². The van der Waals surface area contributed by atoms with Crippen molar-refractivity contribution in [1.82, 2.24) is 14.7 Å². The van der Waals surface area contributed by atoms with E-state index in [2.05, 4.69) is 20.8 Å². The molecule has 9 nitrogen and oxygen atoms in total. The molecule has 2 amide bonds. The maximum absolute atomic E-state index is 12.7. The van der Waals surface area contributed by atoms with E-state index in [9.17, 15) is 14.4 Å². The molecule has 0 aliphatic rings. The number of rotatable bonds is 6. The molecule has 0 radical (unpaired) electrons. The third kappa shape index (κ3) is 4.50. The van der Waals surface area contributed by atoms with Crippen LogP contribution in [-0.4, -0.2) is 26.5 Å². The van der Waals surface area contributed by atoms with Gasteiger partial charge in [0.1, 0.15) is 11.2 Å². The maximum atomic E-state index is 12.7. The van der Waals surface area contributed by atoms with Crippen LogP contribution in [0.5, 0.6) is 0 Å². The molecule has 0 aliphatic carbocycles. The lowest BCUT2D eigenvalue weighted by Crippen LogP contribution is -2.23. The number of hydrogen-bond donors (Lipinski definition) is 2. The predicted molar refractivity (Wildman–Crippen MR) is 115 cm³/mol. The Morgan fingerprint density at radius 1 is 1.00 bits per heavy atom. The van der Waals surface area contributed by atoms with Gasteiger partial charge in [-0.3, -0.25) is 19.0 Å². The van der Waals surface area contributed by atoms with E-state index < -0.39 is 5.56 Å². The number of anilines is 2. The molecule has 2 N–H and O–H groups in total. The van der Waals surface area contributed by atoms with Gasteiger partial charge in [-0.1, -0.05) is 35.5 Å². The molecule has 2 heterocycles. The minimum absolute atomic E-state index is 0.0512. The molecular formula is C22H19N5O4. The Kier molecular flexibility index (Phi) is 5.57. The first-order chi connectivity index (χ1) is 15.0. The predicted octanol–water partition coefficient (Wildman–Crippen LogP) is 3.04. The Hall–Kier alpha value is -4.27. The number of benzene rings is 2. The summed E-state index contributed by atoms with van der Waals surface area (Å²) in [6.07, 6.45) is 1.46. The second kappa shape index (κ2) is 8.62. The summed E-state index contributed by atoms with van der Waals surface area (Å²) in [5, 5.41) is 9.39. The molecule has 0 unspecified atom stereocenters. The average molecular weight is 417 g/mol. The topological polar surface area (TPSA) is 119 Å². The van der Waals surface area contributed by atoms with Crippen LogP contribution >= 0.6 is 0 Å². The molecule has 0 saturated carbocycles. The molecular weight excluding hydrogens is 398 g/mol. The van der Waals surface area contributed by atoms with E-state index in [0.717, 1.165) is 5.56 Å². The fourth-order valence-electron chi connectivity index (χ4n) is 3.09. The SMILES string of the molecule is CC(=O)Nc1ccc(NC(=O)CCn2cnc3c(-c4ccccc4)noc3c2=O)cc1. The van der Waals surface area contributed by atoms with E-state index in [1.807, 2.05) is 30.3 Å². The van der Waals surface area contributed by atoms with Crippen molar-refractivity contribution in [3.63, 3.8) is 0 Å². The lowest BCUT2D eigenvalue weighted by Gasteiger charge is -2.08. The quantitative estimate of drug-likeness (QED) is 0.498. The molecule has 4 aromatic rings. The highest BCUT2D eigenvalue weighted by Gasteiger charge is 2.16. The van der Waals surface area contributed by atoms with Crippen molar-refractivity contribution in [2.24, 2.45) is 0 Å². The number of aromatic nitrogens is 3. The molecule has 156 valence electrons. The van der Waals surface area contributed by atoms with E-state index in [1.165, 1.54) is 17.8 Å². The fourth-order valence-corrected chi connectivity index (χ4v) is 3.09. The number of fused-ring (bicyclic) bond motifs is 1. The number of carbonyl (C=O) groups is 2. The summed E-state index contributed by atoms with van der Waals surface area (Å²) in [5.41, 5.74) is 2.56. The average Bonchev–Trinajstić information content (AvgIpc) is 3.20. The second-order valence-corrected chi connectivity index (χ2v) is 6.87. The van der Waals surface area contributed by atoms with E-state index in [-0.39, 0.29) is 30.4 Å². The highest BCUT2D eigenvalue weighted by molar-refractivity contribution is 5.92. The van der Waals surface area contributed by atoms with Gasteiger partial charge in [-0.05, 0) is 24.3 Å². The zero-order valence-electron chi connectivity index (χ0n) is 16.7. The Labute approximate surface area is 176 Å². The van der Waals surface area contributed by atoms with Gasteiger partial charge in [0.25, 0.3) is 11.1 Å². The molecule has 0 atom stereocenters. The Bertz CT molecular complexity index is 1290. The number of aryl methyl sites for hydroxylation is 1. The summed E-state index contributed by atoms with van der Waals surface area (Å²) in [6, 6.07) is 16.1. The highest BCUT2D eigenvalue weighted by atomic mass is 16.5. The maximum Gasteiger partial charge on any atom is 0.299 e. The van der Waals surface area contributed by atoms with E-state index in [0.29, 0.717) is 22.6 Å². The first-order valence-corrected chi connectivity index (χ1v) is 9.59. The first-order valence-electron chi connectivity index (χ1n) is 9.59. The molecule has 0 bridgehead atoms. The van der Waals surface area contributed by atoms with Gasteiger partial charge in [0.15, 0.2) is 0 Å². The summed E-state index contributed by atoms with van der Waals surface area (Å²) >= 11 is 0. The van der Waals surface area contributed by atoms with Crippen LogP contribution in [0.3, 0.4) is 0 Å². The van der Waals surface area contributed by atoms with Crippen LogP contribution in [0.2, 0.25) is 0 Å². The van der Waals surface area contributed by atoms with Crippen LogP contribution < -0.4 is 16.2 Å². The second-order valence-electron chi connectivity index (χ2n) is 6.87. The van der Waals surface area contributed by atoms with Gasteiger partial charge in [0.2, 0.25) is 11.8 Å². The van der Waals surface area contributed by atoms with Crippen molar-refractivity contribution < 1.29 is 14.1 Å². The van der Waals surface area contributed by atoms with E-state index in [4.69, 9.17) is 4.52 Å². The summed E-state index contributed by atoms with van der Waals surface area (Å²) in [5.74, 6) is -0.433. The van der Waals surface area contributed by atoms with Gasteiger partial charge >= 0.3 is 0 Å². The van der Waals surface area contributed by atoms with Gasteiger partial charge < -0.3 is 15.2 Å². The third-order valence-corrected chi connectivity index (χ3v) is 4.56. The van der Waals surface area contributed by atoms with Crippen molar-refractivity contribution in [2.75, 3.05) is 10.6 Å². The minimum Gasteiger partial charge on any atom is -0.348 e. The number of amides is 2. The van der Waals surface area contributed by atoms with Crippen molar-refractivity contribution in [3.8, 4) is 11.3 Å². The fraction of sp³-hybridized carbons (Fsp3) is 0.136. The van der Waals surface area contributed by atoms with Crippen LogP contribution in [-0.2, 0) is 16.1 Å². The van der Waals surface area contributed by atoms with E-state index >= 15 is 0 Å². The Balaban J connectivity index is 1.43. The largest absolute Gasteiger partial charge is 0.348 e. The molecule has 9 heteroatoms. The number of nitrogens with zero attached hydrogens (tertiary/aromatic N) is 3. The van der Waals surface area contributed by atoms with Crippen molar-refractivity contribution in [1.29, 1.82) is 0 Å². The number of carbonyl (C=O) groups excluding carboxylic acids is 2. The Morgan fingerprint density at radius 2 is 1.68 bits per heavy atom.